The van der Waals surface area contributed by atoms with Gasteiger partial charge in [-0.2, -0.15) is 0 Å². The number of hydrogen-bond donors (Lipinski definition) is 1. The van der Waals surface area contributed by atoms with Crippen LogP contribution < -0.4 is 20.7 Å². The molecule has 5 aromatic rings. The largest absolute Gasteiger partial charge is 0.505 e. The summed E-state index contributed by atoms with van der Waals surface area (Å²) in [4.78, 5) is 27.2. The highest BCUT2D eigenvalue weighted by molar-refractivity contribution is 7.99. The van der Waals surface area contributed by atoms with Crippen LogP contribution in [0.5, 0.6) is 17.2 Å². The monoisotopic (exact) mass is 487 g/mol. The van der Waals surface area contributed by atoms with Gasteiger partial charge >= 0.3 is 5.63 Å². The summed E-state index contributed by atoms with van der Waals surface area (Å²) in [6.45, 7) is 0.263. The van der Waals surface area contributed by atoms with Crippen LogP contribution in [0.3, 0.4) is 0 Å². The Morgan fingerprint density at radius 1 is 0.886 bits per heavy atom. The first-order valence-corrected chi connectivity index (χ1v) is 11.6. The van der Waals surface area contributed by atoms with Crippen LogP contribution in [0.25, 0.3) is 21.9 Å². The van der Waals surface area contributed by atoms with Gasteiger partial charge in [-0.05, 0) is 54.1 Å². The van der Waals surface area contributed by atoms with Crippen LogP contribution in [-0.2, 0) is 6.54 Å². The minimum absolute atomic E-state index is 0.0344. The molecule has 2 aromatic heterocycles. The van der Waals surface area contributed by atoms with Gasteiger partial charge in [0.25, 0.3) is 5.56 Å². The van der Waals surface area contributed by atoms with Gasteiger partial charge in [-0.1, -0.05) is 36.0 Å². The second kappa shape index (κ2) is 9.23. The van der Waals surface area contributed by atoms with E-state index in [9.17, 15) is 14.7 Å². The Kier molecular flexibility index (Phi) is 5.96. The number of pyridine rings is 1. The summed E-state index contributed by atoms with van der Waals surface area (Å²) in [5.74, 6) is 0.984. The zero-order valence-corrected chi connectivity index (χ0v) is 19.8. The van der Waals surface area contributed by atoms with Crippen molar-refractivity contribution in [2.75, 3.05) is 14.2 Å². The summed E-state index contributed by atoms with van der Waals surface area (Å²) in [6, 6.07) is 21.6. The quantitative estimate of drug-likeness (QED) is 0.336. The number of benzene rings is 3. The van der Waals surface area contributed by atoms with Crippen LogP contribution in [0.1, 0.15) is 5.56 Å². The number of fused-ring (bicyclic) bond motifs is 3. The van der Waals surface area contributed by atoms with Crippen molar-refractivity contribution in [3.05, 3.63) is 99.1 Å². The lowest BCUT2D eigenvalue weighted by Gasteiger charge is -2.14. The van der Waals surface area contributed by atoms with Gasteiger partial charge in [-0.3, -0.25) is 4.79 Å². The molecule has 0 unspecified atom stereocenters. The average molecular weight is 488 g/mol. The van der Waals surface area contributed by atoms with Crippen molar-refractivity contribution >= 4 is 33.6 Å². The van der Waals surface area contributed by atoms with Gasteiger partial charge in [0.05, 0.1) is 26.3 Å². The topological polar surface area (TPSA) is 90.9 Å². The van der Waals surface area contributed by atoms with E-state index in [4.69, 9.17) is 13.9 Å². The first-order chi connectivity index (χ1) is 17.0. The van der Waals surface area contributed by atoms with E-state index in [0.717, 1.165) is 17.3 Å². The molecule has 0 saturated heterocycles. The van der Waals surface area contributed by atoms with Crippen LogP contribution in [0.15, 0.2) is 96.6 Å². The van der Waals surface area contributed by atoms with Crippen LogP contribution in [-0.4, -0.2) is 23.9 Å². The maximum absolute atomic E-state index is 13.7. The molecule has 8 heteroatoms. The van der Waals surface area contributed by atoms with Crippen LogP contribution in [0.4, 0.5) is 0 Å². The highest BCUT2D eigenvalue weighted by Gasteiger charge is 2.22. The number of rotatable bonds is 6. The van der Waals surface area contributed by atoms with E-state index < -0.39 is 16.9 Å². The van der Waals surface area contributed by atoms with Crippen molar-refractivity contribution in [1.29, 1.82) is 0 Å². The smallest absolute Gasteiger partial charge is 0.354 e. The van der Waals surface area contributed by atoms with Gasteiger partial charge in [-0.15, -0.1) is 0 Å². The Morgan fingerprint density at radius 2 is 1.51 bits per heavy atom. The van der Waals surface area contributed by atoms with Gasteiger partial charge in [0.2, 0.25) is 0 Å². The summed E-state index contributed by atoms with van der Waals surface area (Å²) in [5.41, 5.74) is 0.375. The Balaban J connectivity index is 1.70. The van der Waals surface area contributed by atoms with Crippen molar-refractivity contribution in [3.63, 3.8) is 0 Å². The van der Waals surface area contributed by atoms with E-state index in [2.05, 4.69) is 0 Å². The van der Waals surface area contributed by atoms with E-state index in [-0.39, 0.29) is 22.4 Å². The van der Waals surface area contributed by atoms with Gasteiger partial charge in [0, 0.05) is 10.3 Å². The summed E-state index contributed by atoms with van der Waals surface area (Å²) in [7, 11) is 3.15. The average Bonchev–Trinajstić information content (AvgIpc) is 2.89. The Bertz CT molecular complexity index is 1650. The molecule has 0 fully saturated rings. The molecule has 2 heterocycles. The van der Waals surface area contributed by atoms with Gasteiger partial charge in [-0.25, -0.2) is 4.79 Å². The molecule has 0 saturated carbocycles. The lowest BCUT2D eigenvalue weighted by Crippen LogP contribution is -2.22. The predicted molar refractivity (Wildman–Crippen MR) is 135 cm³/mol. The predicted octanol–water partition coefficient (Wildman–Crippen LogP) is 5.03. The van der Waals surface area contributed by atoms with Gasteiger partial charge in [0.15, 0.2) is 11.3 Å². The third-order valence-electron chi connectivity index (χ3n) is 5.74. The Hall–Kier alpha value is -4.17. The summed E-state index contributed by atoms with van der Waals surface area (Å²) < 4.78 is 17.6. The fraction of sp³-hybridized carbons (Fsp3) is 0.111. The fourth-order valence-corrected chi connectivity index (χ4v) is 4.79. The number of hydrogen-bond acceptors (Lipinski definition) is 7. The van der Waals surface area contributed by atoms with E-state index in [1.807, 2.05) is 30.3 Å². The van der Waals surface area contributed by atoms with E-state index >= 15 is 0 Å². The molecule has 0 radical (unpaired) electrons. The third-order valence-corrected chi connectivity index (χ3v) is 6.81. The zero-order chi connectivity index (χ0) is 24.5. The lowest BCUT2D eigenvalue weighted by atomic mass is 10.1. The Morgan fingerprint density at radius 3 is 2.17 bits per heavy atom. The van der Waals surface area contributed by atoms with Gasteiger partial charge < -0.3 is 23.6 Å². The number of aromatic hydroxyl groups is 1. The van der Waals surface area contributed by atoms with Crippen molar-refractivity contribution in [2.24, 2.45) is 0 Å². The van der Waals surface area contributed by atoms with E-state index in [1.54, 1.807) is 61.3 Å². The molecule has 0 bridgehead atoms. The minimum atomic E-state index is -0.715. The highest BCUT2D eigenvalue weighted by atomic mass is 32.2. The first kappa shape index (κ1) is 22.6. The van der Waals surface area contributed by atoms with Crippen LogP contribution >= 0.6 is 11.8 Å². The SMILES string of the molecule is COc1ccc(Cn2c(=O)c3c(O)c(Sc4ccc(OC)cc4)c(=O)oc3c3ccccc32)cc1. The standard InChI is InChI=1S/C27H21NO6S/c1-32-17-9-7-16(8-10-17)15-28-21-6-4-3-5-20(21)24-22(26(28)30)23(29)25(27(31)34-24)35-19-13-11-18(33-2)12-14-19/h3-14,29H,15H2,1-2H3. The maximum Gasteiger partial charge on any atom is 0.354 e. The molecule has 0 aliphatic rings. The third kappa shape index (κ3) is 4.13. The van der Waals surface area contributed by atoms with Crippen LogP contribution in [0, 0.1) is 0 Å². The van der Waals surface area contributed by atoms with Crippen molar-refractivity contribution in [2.45, 2.75) is 16.3 Å². The summed E-state index contributed by atoms with van der Waals surface area (Å²) in [6.07, 6.45) is 0. The number of methoxy groups -OCH3 is 2. The molecule has 7 nitrogen and oxygen atoms in total. The lowest BCUT2D eigenvalue weighted by molar-refractivity contribution is 0.414. The highest BCUT2D eigenvalue weighted by Crippen LogP contribution is 2.37. The number of ether oxygens (including phenoxy) is 2. The molecule has 1 N–H and O–H groups in total. The minimum Gasteiger partial charge on any atom is -0.505 e. The number of aromatic nitrogens is 1. The normalized spacial score (nSPS) is 11.1. The molecular formula is C27H21NO6S. The second-order valence-electron chi connectivity index (χ2n) is 7.81. The maximum atomic E-state index is 13.7. The van der Waals surface area contributed by atoms with Crippen molar-refractivity contribution in [1.82, 2.24) is 4.57 Å². The molecular weight excluding hydrogens is 466 g/mol. The molecule has 0 atom stereocenters. The second-order valence-corrected chi connectivity index (χ2v) is 8.89. The van der Waals surface area contributed by atoms with Gasteiger partial charge in [0.1, 0.15) is 21.8 Å². The fourth-order valence-electron chi connectivity index (χ4n) is 3.96. The molecule has 0 amide bonds. The van der Waals surface area contributed by atoms with Crippen LogP contribution in [0.2, 0.25) is 0 Å². The summed E-state index contributed by atoms with van der Waals surface area (Å²) >= 11 is 1.03. The zero-order valence-electron chi connectivity index (χ0n) is 19.0. The molecule has 5 rings (SSSR count). The molecule has 35 heavy (non-hydrogen) atoms. The summed E-state index contributed by atoms with van der Waals surface area (Å²) in [5, 5.41) is 11.7. The first-order valence-electron chi connectivity index (χ1n) is 10.8. The van der Waals surface area contributed by atoms with E-state index in [0.29, 0.717) is 27.3 Å². The molecule has 0 aliphatic carbocycles. The number of para-hydroxylation sites is 1. The Labute approximate surface area is 204 Å². The van der Waals surface area contributed by atoms with Crippen molar-refractivity contribution in [3.8, 4) is 17.2 Å². The number of nitrogens with zero attached hydrogens (tertiary/aromatic N) is 1. The molecule has 3 aromatic carbocycles. The molecule has 0 aliphatic heterocycles. The molecule has 0 spiro atoms. The molecule has 176 valence electrons. The van der Waals surface area contributed by atoms with Crippen molar-refractivity contribution < 1.29 is 19.0 Å². The van der Waals surface area contributed by atoms with E-state index in [1.165, 1.54) is 0 Å².